The number of carboxylic acids is 1. The predicted octanol–water partition coefficient (Wildman–Crippen LogP) is 2.89. The van der Waals surface area contributed by atoms with Gasteiger partial charge in [0.25, 0.3) is 0 Å². The third-order valence-corrected chi connectivity index (χ3v) is 5.81. The SMILES string of the molecule is Cc1cc(C)c(S(=O)(=O)N(CC(=O)O)Cc2ccccc2)c(C)c1. The molecule has 0 aliphatic carbocycles. The van der Waals surface area contributed by atoms with Crippen LogP contribution in [0.3, 0.4) is 0 Å². The molecule has 5 nitrogen and oxygen atoms in total. The van der Waals surface area contributed by atoms with Crippen molar-refractivity contribution in [2.45, 2.75) is 32.2 Å². The standard InChI is InChI=1S/C18H21NO4S/c1-13-9-14(2)18(15(3)10-13)24(22,23)19(12-17(20)21)11-16-7-5-4-6-8-16/h4-10H,11-12H2,1-3H3,(H,20,21). The van der Waals surface area contributed by atoms with Crippen LogP contribution in [0.4, 0.5) is 0 Å². The van der Waals surface area contributed by atoms with Crippen LogP contribution in [0.15, 0.2) is 47.4 Å². The average Bonchev–Trinajstić information content (AvgIpc) is 2.45. The van der Waals surface area contributed by atoms with Gasteiger partial charge in [-0.05, 0) is 37.5 Å². The van der Waals surface area contributed by atoms with E-state index >= 15 is 0 Å². The molecule has 2 rings (SSSR count). The van der Waals surface area contributed by atoms with Crippen molar-refractivity contribution in [2.75, 3.05) is 6.54 Å². The minimum Gasteiger partial charge on any atom is -0.480 e. The molecular weight excluding hydrogens is 326 g/mol. The highest BCUT2D eigenvalue weighted by Gasteiger charge is 2.29. The van der Waals surface area contributed by atoms with Gasteiger partial charge in [-0.25, -0.2) is 8.42 Å². The molecule has 6 heteroatoms. The molecule has 24 heavy (non-hydrogen) atoms. The van der Waals surface area contributed by atoms with Crippen molar-refractivity contribution in [3.05, 3.63) is 64.7 Å². The van der Waals surface area contributed by atoms with Crippen LogP contribution in [0.5, 0.6) is 0 Å². The molecule has 0 heterocycles. The maximum atomic E-state index is 13.1. The second kappa shape index (κ2) is 7.15. The molecule has 0 radical (unpaired) electrons. The van der Waals surface area contributed by atoms with E-state index in [2.05, 4.69) is 0 Å². The van der Waals surface area contributed by atoms with E-state index in [1.165, 1.54) is 0 Å². The van der Waals surface area contributed by atoms with Crippen molar-refractivity contribution in [2.24, 2.45) is 0 Å². The largest absolute Gasteiger partial charge is 0.480 e. The van der Waals surface area contributed by atoms with Gasteiger partial charge in [0.15, 0.2) is 0 Å². The Labute approximate surface area is 142 Å². The minimum absolute atomic E-state index is 0.0161. The van der Waals surface area contributed by atoms with Crippen molar-refractivity contribution >= 4 is 16.0 Å². The minimum atomic E-state index is -3.92. The summed E-state index contributed by atoms with van der Waals surface area (Å²) in [6, 6.07) is 12.6. The lowest BCUT2D eigenvalue weighted by molar-refractivity contribution is -0.137. The first-order valence-electron chi connectivity index (χ1n) is 7.55. The van der Waals surface area contributed by atoms with Crippen molar-refractivity contribution in [1.82, 2.24) is 4.31 Å². The van der Waals surface area contributed by atoms with Gasteiger partial charge in [0.2, 0.25) is 10.0 Å². The van der Waals surface area contributed by atoms with Crippen LogP contribution in [-0.2, 0) is 21.4 Å². The number of hydrogen-bond donors (Lipinski definition) is 1. The summed E-state index contributed by atoms with van der Waals surface area (Å²) in [6.07, 6.45) is 0. The fourth-order valence-electron chi connectivity index (χ4n) is 2.87. The van der Waals surface area contributed by atoms with Gasteiger partial charge in [0.05, 0.1) is 4.90 Å². The smallest absolute Gasteiger partial charge is 0.318 e. The summed E-state index contributed by atoms with van der Waals surface area (Å²) in [4.78, 5) is 11.4. The van der Waals surface area contributed by atoms with Crippen LogP contribution in [-0.4, -0.2) is 30.3 Å². The Morgan fingerprint density at radius 1 is 1.04 bits per heavy atom. The van der Waals surface area contributed by atoms with Gasteiger partial charge in [-0.1, -0.05) is 48.0 Å². The highest BCUT2D eigenvalue weighted by molar-refractivity contribution is 7.89. The van der Waals surface area contributed by atoms with Crippen LogP contribution >= 0.6 is 0 Å². The molecule has 0 atom stereocenters. The number of nitrogens with zero attached hydrogens (tertiary/aromatic N) is 1. The average molecular weight is 347 g/mol. The summed E-state index contributed by atoms with van der Waals surface area (Å²) < 4.78 is 27.2. The summed E-state index contributed by atoms with van der Waals surface area (Å²) in [6.45, 7) is 4.80. The Morgan fingerprint density at radius 3 is 2.08 bits per heavy atom. The third kappa shape index (κ3) is 4.01. The van der Waals surface area contributed by atoms with Crippen LogP contribution in [0.25, 0.3) is 0 Å². The lowest BCUT2D eigenvalue weighted by Crippen LogP contribution is -2.36. The zero-order valence-electron chi connectivity index (χ0n) is 14.0. The van der Waals surface area contributed by atoms with Crippen LogP contribution in [0.1, 0.15) is 22.3 Å². The van der Waals surface area contributed by atoms with E-state index in [1.807, 2.05) is 13.0 Å². The van der Waals surface area contributed by atoms with E-state index in [9.17, 15) is 13.2 Å². The number of aliphatic carboxylic acids is 1. The highest BCUT2D eigenvalue weighted by atomic mass is 32.2. The Bertz CT molecular complexity index is 822. The fraction of sp³-hybridized carbons (Fsp3) is 0.278. The number of carbonyl (C=O) groups is 1. The molecule has 128 valence electrons. The lowest BCUT2D eigenvalue weighted by atomic mass is 10.1. The predicted molar refractivity (Wildman–Crippen MR) is 92.3 cm³/mol. The topological polar surface area (TPSA) is 74.7 Å². The van der Waals surface area contributed by atoms with E-state index in [1.54, 1.807) is 50.2 Å². The van der Waals surface area contributed by atoms with Gasteiger partial charge < -0.3 is 5.11 Å². The molecule has 0 aromatic heterocycles. The number of sulfonamides is 1. The van der Waals surface area contributed by atoms with Gasteiger partial charge in [0.1, 0.15) is 6.54 Å². The second-order valence-corrected chi connectivity index (χ2v) is 7.76. The van der Waals surface area contributed by atoms with Crippen molar-refractivity contribution in [3.63, 3.8) is 0 Å². The number of carboxylic acid groups (broad SMARTS) is 1. The summed E-state index contributed by atoms with van der Waals surface area (Å²) in [7, 11) is -3.92. The Balaban J connectivity index is 2.50. The molecule has 0 amide bonds. The molecular formula is C18H21NO4S. The first-order chi connectivity index (χ1) is 11.2. The van der Waals surface area contributed by atoms with Crippen molar-refractivity contribution < 1.29 is 18.3 Å². The molecule has 0 saturated carbocycles. The number of benzene rings is 2. The first kappa shape index (κ1) is 18.2. The summed E-state index contributed by atoms with van der Waals surface area (Å²) in [5, 5.41) is 9.15. The molecule has 0 bridgehead atoms. The Morgan fingerprint density at radius 2 is 1.58 bits per heavy atom. The molecule has 0 unspecified atom stereocenters. The van der Waals surface area contributed by atoms with Crippen LogP contribution in [0.2, 0.25) is 0 Å². The zero-order valence-corrected chi connectivity index (χ0v) is 14.8. The van der Waals surface area contributed by atoms with Gasteiger partial charge in [-0.15, -0.1) is 0 Å². The first-order valence-corrected chi connectivity index (χ1v) is 8.99. The van der Waals surface area contributed by atoms with Crippen molar-refractivity contribution in [1.29, 1.82) is 0 Å². The fourth-order valence-corrected chi connectivity index (χ4v) is 4.66. The summed E-state index contributed by atoms with van der Waals surface area (Å²) in [5.41, 5.74) is 2.95. The van der Waals surface area contributed by atoms with Crippen molar-refractivity contribution in [3.8, 4) is 0 Å². The molecule has 0 spiro atoms. The molecule has 0 aliphatic heterocycles. The molecule has 2 aromatic rings. The third-order valence-electron chi connectivity index (χ3n) is 3.72. The molecule has 2 aromatic carbocycles. The number of rotatable bonds is 6. The van der Waals surface area contributed by atoms with E-state index in [0.29, 0.717) is 11.1 Å². The van der Waals surface area contributed by atoms with E-state index in [-0.39, 0.29) is 11.4 Å². The molecule has 0 aliphatic rings. The highest BCUT2D eigenvalue weighted by Crippen LogP contribution is 2.26. The van der Waals surface area contributed by atoms with Gasteiger partial charge in [-0.2, -0.15) is 4.31 Å². The Kier molecular flexibility index (Phi) is 5.41. The maximum absolute atomic E-state index is 13.1. The number of aryl methyl sites for hydroxylation is 3. The van der Waals surface area contributed by atoms with Gasteiger partial charge in [-0.3, -0.25) is 4.79 Å². The summed E-state index contributed by atoms with van der Waals surface area (Å²) >= 11 is 0. The van der Waals surface area contributed by atoms with E-state index in [4.69, 9.17) is 5.11 Å². The maximum Gasteiger partial charge on any atom is 0.318 e. The van der Waals surface area contributed by atoms with E-state index < -0.39 is 22.5 Å². The van der Waals surface area contributed by atoms with Crippen LogP contribution < -0.4 is 0 Å². The van der Waals surface area contributed by atoms with Gasteiger partial charge in [0, 0.05) is 6.54 Å². The Hall–Kier alpha value is -2.18. The molecule has 0 saturated heterocycles. The summed E-state index contributed by atoms with van der Waals surface area (Å²) in [5.74, 6) is -1.18. The quantitative estimate of drug-likeness (QED) is 0.872. The molecule has 1 N–H and O–H groups in total. The molecule has 0 fully saturated rings. The van der Waals surface area contributed by atoms with Gasteiger partial charge >= 0.3 is 5.97 Å². The second-order valence-electron chi connectivity index (χ2n) is 5.88. The normalized spacial score (nSPS) is 11.7. The number of hydrogen-bond acceptors (Lipinski definition) is 3. The van der Waals surface area contributed by atoms with E-state index in [0.717, 1.165) is 15.4 Å². The zero-order chi connectivity index (χ0) is 17.9. The monoisotopic (exact) mass is 347 g/mol. The lowest BCUT2D eigenvalue weighted by Gasteiger charge is -2.23. The van der Waals surface area contributed by atoms with Crippen LogP contribution in [0, 0.1) is 20.8 Å².